The van der Waals surface area contributed by atoms with Crippen molar-refractivity contribution >= 4 is 17.3 Å². The number of anilines is 1. The van der Waals surface area contributed by atoms with Crippen molar-refractivity contribution in [1.82, 2.24) is 4.90 Å². The molecule has 1 heterocycles. The van der Waals surface area contributed by atoms with Gasteiger partial charge in [-0.1, -0.05) is 12.1 Å². The molecule has 0 bridgehead atoms. The van der Waals surface area contributed by atoms with Gasteiger partial charge < -0.3 is 9.80 Å². The Labute approximate surface area is 109 Å². The minimum Gasteiger partial charge on any atom is -0.374 e. The number of rotatable bonds is 4. The van der Waals surface area contributed by atoms with E-state index in [9.17, 15) is 0 Å². The molecule has 2 rings (SSSR count). The van der Waals surface area contributed by atoms with Crippen LogP contribution in [-0.4, -0.2) is 38.6 Å². The van der Waals surface area contributed by atoms with Gasteiger partial charge in [0.05, 0.1) is 0 Å². The van der Waals surface area contributed by atoms with E-state index < -0.39 is 0 Å². The van der Waals surface area contributed by atoms with Crippen LogP contribution in [0.25, 0.3) is 0 Å². The van der Waals surface area contributed by atoms with Gasteiger partial charge in [0.1, 0.15) is 0 Å². The lowest BCUT2D eigenvalue weighted by atomic mass is 10.1. The summed E-state index contributed by atoms with van der Waals surface area (Å²) in [6.07, 6.45) is 1.32. The van der Waals surface area contributed by atoms with Gasteiger partial charge in [0, 0.05) is 31.7 Å². The van der Waals surface area contributed by atoms with Crippen molar-refractivity contribution in [2.45, 2.75) is 12.3 Å². The number of nitrogens with zero attached hydrogens (tertiary/aromatic N) is 2. The summed E-state index contributed by atoms with van der Waals surface area (Å²) in [5, 5.41) is 0. The highest BCUT2D eigenvalue weighted by molar-refractivity contribution is 6.17. The molecule has 3 heteroatoms. The molecule has 1 atom stereocenters. The van der Waals surface area contributed by atoms with Crippen LogP contribution < -0.4 is 4.90 Å². The lowest BCUT2D eigenvalue weighted by molar-refractivity contribution is 0.396. The molecule has 0 spiro atoms. The van der Waals surface area contributed by atoms with Crippen LogP contribution in [0.4, 0.5) is 5.69 Å². The fourth-order valence-electron chi connectivity index (χ4n) is 2.51. The lowest BCUT2D eigenvalue weighted by Gasteiger charge is -2.23. The van der Waals surface area contributed by atoms with Crippen molar-refractivity contribution in [3.8, 4) is 0 Å². The highest BCUT2D eigenvalue weighted by atomic mass is 35.5. The predicted octanol–water partition coefficient (Wildman–Crippen LogP) is 2.81. The second-order valence-corrected chi connectivity index (χ2v) is 5.36. The van der Waals surface area contributed by atoms with E-state index in [2.05, 4.69) is 48.2 Å². The molecule has 1 aromatic rings. The maximum Gasteiger partial charge on any atom is 0.0474 e. The Morgan fingerprint density at radius 2 is 2.06 bits per heavy atom. The minimum atomic E-state index is 0.595. The van der Waals surface area contributed by atoms with E-state index in [0.29, 0.717) is 5.88 Å². The summed E-state index contributed by atoms with van der Waals surface area (Å²) in [7, 11) is 4.38. The molecule has 1 unspecified atom stereocenters. The summed E-state index contributed by atoms with van der Waals surface area (Å²) in [4.78, 5) is 4.76. The fourth-order valence-corrected chi connectivity index (χ4v) is 2.69. The van der Waals surface area contributed by atoms with Crippen LogP contribution in [0.5, 0.6) is 0 Å². The van der Waals surface area contributed by atoms with E-state index in [4.69, 9.17) is 11.6 Å². The van der Waals surface area contributed by atoms with Crippen LogP contribution in [0.3, 0.4) is 0 Å². The van der Waals surface area contributed by atoms with E-state index in [1.54, 1.807) is 0 Å². The van der Waals surface area contributed by atoms with Gasteiger partial charge in [-0.3, -0.25) is 0 Å². The number of hydrogen-bond acceptors (Lipinski definition) is 2. The molecule has 1 aliphatic heterocycles. The third-order valence-electron chi connectivity index (χ3n) is 3.55. The number of halogens is 1. The molecule has 1 aliphatic rings. The average molecular weight is 253 g/mol. The summed E-state index contributed by atoms with van der Waals surface area (Å²) in [6.45, 7) is 3.61. The maximum absolute atomic E-state index is 5.79. The highest BCUT2D eigenvalue weighted by Gasteiger charge is 2.20. The van der Waals surface area contributed by atoms with Gasteiger partial charge in [0.15, 0.2) is 0 Å². The van der Waals surface area contributed by atoms with Crippen LogP contribution >= 0.6 is 11.6 Å². The van der Waals surface area contributed by atoms with Crippen molar-refractivity contribution in [3.63, 3.8) is 0 Å². The molecule has 0 aliphatic carbocycles. The molecule has 1 aromatic carbocycles. The van der Waals surface area contributed by atoms with Crippen molar-refractivity contribution in [2.75, 3.05) is 38.6 Å². The van der Waals surface area contributed by atoms with Crippen molar-refractivity contribution < 1.29 is 0 Å². The Bertz CT molecular complexity index is 350. The zero-order chi connectivity index (χ0) is 12.3. The summed E-state index contributed by atoms with van der Waals surface area (Å²) < 4.78 is 0. The van der Waals surface area contributed by atoms with Gasteiger partial charge >= 0.3 is 0 Å². The van der Waals surface area contributed by atoms with E-state index in [-0.39, 0.29) is 0 Å². The third kappa shape index (κ3) is 3.36. The van der Waals surface area contributed by atoms with Gasteiger partial charge in [-0.15, -0.1) is 11.6 Å². The first kappa shape index (κ1) is 12.7. The molecular weight excluding hydrogens is 232 g/mol. The van der Waals surface area contributed by atoms with Gasteiger partial charge in [0.2, 0.25) is 0 Å². The molecule has 0 radical (unpaired) electrons. The molecule has 0 amide bonds. The predicted molar refractivity (Wildman–Crippen MR) is 74.9 cm³/mol. The highest BCUT2D eigenvalue weighted by Crippen LogP contribution is 2.20. The van der Waals surface area contributed by atoms with E-state index >= 15 is 0 Å². The Balaban J connectivity index is 1.92. The number of alkyl halides is 1. The summed E-state index contributed by atoms with van der Waals surface area (Å²) in [6, 6.07) is 8.55. The summed E-state index contributed by atoms with van der Waals surface area (Å²) in [5.41, 5.74) is 2.47. The van der Waals surface area contributed by atoms with Crippen molar-refractivity contribution in [1.29, 1.82) is 0 Å². The molecule has 1 saturated heterocycles. The van der Waals surface area contributed by atoms with Crippen LogP contribution in [0.1, 0.15) is 12.0 Å². The van der Waals surface area contributed by atoms with Gasteiger partial charge in [-0.25, -0.2) is 0 Å². The van der Waals surface area contributed by atoms with Gasteiger partial charge in [-0.05, 0) is 43.6 Å². The quantitative estimate of drug-likeness (QED) is 0.761. The maximum atomic E-state index is 5.79. The largest absolute Gasteiger partial charge is 0.374 e. The second-order valence-electron chi connectivity index (χ2n) is 5.10. The Hall–Kier alpha value is -0.730. The number of hydrogen-bond donors (Lipinski definition) is 0. The molecule has 0 aromatic heterocycles. The normalized spacial score (nSPS) is 20.8. The molecule has 94 valence electrons. The number of likely N-dealkylation sites (tertiary alicyclic amines) is 1. The molecule has 2 nitrogen and oxygen atoms in total. The summed E-state index contributed by atoms with van der Waals surface area (Å²) in [5.74, 6) is 1.40. The Kier molecular flexibility index (Phi) is 4.30. The number of benzene rings is 1. The van der Waals surface area contributed by atoms with Crippen molar-refractivity contribution in [2.24, 2.45) is 5.92 Å². The standard InChI is InChI=1S/C14H21ClN2/c1-16-8-7-13(10-16)11-17(2)14-5-3-12(9-15)4-6-14/h3-6,13H,7-11H2,1-2H3. The van der Waals surface area contributed by atoms with Crippen LogP contribution in [-0.2, 0) is 5.88 Å². The Morgan fingerprint density at radius 3 is 2.59 bits per heavy atom. The lowest BCUT2D eigenvalue weighted by Crippen LogP contribution is -2.27. The SMILES string of the molecule is CN1CCC(CN(C)c2ccc(CCl)cc2)C1. The molecule has 0 saturated carbocycles. The monoisotopic (exact) mass is 252 g/mol. The molecular formula is C14H21ClN2. The first-order chi connectivity index (χ1) is 8.19. The zero-order valence-corrected chi connectivity index (χ0v) is 11.5. The van der Waals surface area contributed by atoms with Gasteiger partial charge in [0.25, 0.3) is 0 Å². The topological polar surface area (TPSA) is 6.48 Å². The van der Waals surface area contributed by atoms with Gasteiger partial charge in [-0.2, -0.15) is 0 Å². The fraction of sp³-hybridized carbons (Fsp3) is 0.571. The second kappa shape index (κ2) is 5.74. The molecule has 17 heavy (non-hydrogen) atoms. The van der Waals surface area contributed by atoms with E-state index in [1.807, 2.05) is 0 Å². The van der Waals surface area contributed by atoms with Crippen molar-refractivity contribution in [3.05, 3.63) is 29.8 Å². The first-order valence-electron chi connectivity index (χ1n) is 6.23. The van der Waals surface area contributed by atoms with E-state index in [1.165, 1.54) is 30.8 Å². The minimum absolute atomic E-state index is 0.595. The van der Waals surface area contributed by atoms with Crippen LogP contribution in [0.2, 0.25) is 0 Å². The summed E-state index contributed by atoms with van der Waals surface area (Å²) >= 11 is 5.79. The van der Waals surface area contributed by atoms with Crippen LogP contribution in [0.15, 0.2) is 24.3 Å². The molecule has 1 fully saturated rings. The smallest absolute Gasteiger partial charge is 0.0474 e. The average Bonchev–Trinajstić information content (AvgIpc) is 2.75. The molecule has 0 N–H and O–H groups in total. The zero-order valence-electron chi connectivity index (χ0n) is 10.7. The Morgan fingerprint density at radius 1 is 1.35 bits per heavy atom. The first-order valence-corrected chi connectivity index (χ1v) is 6.77. The van der Waals surface area contributed by atoms with E-state index in [0.717, 1.165) is 12.5 Å². The third-order valence-corrected chi connectivity index (χ3v) is 3.86. The van der Waals surface area contributed by atoms with Crippen LogP contribution in [0, 0.1) is 5.92 Å².